The van der Waals surface area contributed by atoms with Gasteiger partial charge in [-0.3, -0.25) is 4.79 Å². The Morgan fingerprint density at radius 1 is 1.24 bits per heavy atom. The molecule has 0 aliphatic rings. The summed E-state index contributed by atoms with van der Waals surface area (Å²) in [5.41, 5.74) is 8.47. The van der Waals surface area contributed by atoms with E-state index in [2.05, 4.69) is 21.2 Å². The molecule has 21 heavy (non-hydrogen) atoms. The van der Waals surface area contributed by atoms with Gasteiger partial charge in [-0.2, -0.15) is 0 Å². The molecule has 0 heterocycles. The van der Waals surface area contributed by atoms with Gasteiger partial charge in [0.25, 0.3) is 0 Å². The number of hydrogen-bond donors (Lipinski definition) is 3. The molecule has 0 bridgehead atoms. The van der Waals surface area contributed by atoms with Crippen LogP contribution in [-0.2, 0) is 4.79 Å². The van der Waals surface area contributed by atoms with Gasteiger partial charge in [-0.15, -0.1) is 0 Å². The number of rotatable bonds is 4. The second kappa shape index (κ2) is 6.18. The molecule has 0 radical (unpaired) electrons. The summed E-state index contributed by atoms with van der Waals surface area (Å²) in [6.45, 7) is 3.59. The third kappa shape index (κ3) is 3.55. The Morgan fingerprint density at radius 2 is 1.86 bits per heavy atom. The van der Waals surface area contributed by atoms with Crippen LogP contribution >= 0.6 is 15.9 Å². The molecule has 110 valence electrons. The molecule has 0 aromatic heterocycles. The van der Waals surface area contributed by atoms with Crippen LogP contribution in [0.1, 0.15) is 22.7 Å². The molecular formula is C16H17BrN2O2. The van der Waals surface area contributed by atoms with Gasteiger partial charge in [-0.1, -0.05) is 22.0 Å². The number of halogens is 1. The zero-order chi connectivity index (χ0) is 15.6. The van der Waals surface area contributed by atoms with Gasteiger partial charge in [0.15, 0.2) is 0 Å². The lowest BCUT2D eigenvalue weighted by Crippen LogP contribution is -2.27. The minimum absolute atomic E-state index is 0.240. The van der Waals surface area contributed by atoms with Crippen molar-refractivity contribution < 1.29 is 9.90 Å². The summed E-state index contributed by atoms with van der Waals surface area (Å²) in [6.07, 6.45) is 0. The molecular weight excluding hydrogens is 332 g/mol. The van der Waals surface area contributed by atoms with Crippen LogP contribution < -0.4 is 11.1 Å². The third-order valence-corrected chi connectivity index (χ3v) is 3.76. The molecule has 4 nitrogen and oxygen atoms in total. The molecule has 0 saturated heterocycles. The normalized spacial score (nSPS) is 12.0. The lowest BCUT2D eigenvalue weighted by molar-refractivity contribution is -0.118. The van der Waals surface area contributed by atoms with Crippen LogP contribution in [0, 0.1) is 13.8 Å². The number of carbonyl (C=O) groups excluding carboxylic acids is 1. The van der Waals surface area contributed by atoms with Gasteiger partial charge in [-0.05, 0) is 60.9 Å². The van der Waals surface area contributed by atoms with E-state index in [1.54, 1.807) is 26.0 Å². The fraction of sp³-hybridized carbons (Fsp3) is 0.188. The first-order valence-electron chi connectivity index (χ1n) is 6.50. The van der Waals surface area contributed by atoms with Crippen molar-refractivity contribution in [2.75, 3.05) is 5.32 Å². The molecule has 0 fully saturated rings. The number of amides is 1. The highest BCUT2D eigenvalue weighted by Gasteiger charge is 2.19. The monoisotopic (exact) mass is 348 g/mol. The quantitative estimate of drug-likeness (QED) is 0.792. The zero-order valence-electron chi connectivity index (χ0n) is 11.9. The van der Waals surface area contributed by atoms with Crippen molar-refractivity contribution in [2.45, 2.75) is 19.9 Å². The van der Waals surface area contributed by atoms with Crippen LogP contribution in [0.4, 0.5) is 5.69 Å². The Labute approximate surface area is 132 Å². The van der Waals surface area contributed by atoms with Crippen LogP contribution in [0.2, 0.25) is 0 Å². The van der Waals surface area contributed by atoms with Gasteiger partial charge in [0.05, 0.1) is 0 Å². The Bertz CT molecular complexity index is 663. The highest BCUT2D eigenvalue weighted by Crippen LogP contribution is 2.28. The third-order valence-electron chi connectivity index (χ3n) is 3.27. The molecule has 0 aliphatic heterocycles. The lowest BCUT2D eigenvalue weighted by Gasteiger charge is -2.19. The summed E-state index contributed by atoms with van der Waals surface area (Å²) < 4.78 is 0.911. The number of aryl methyl sites for hydroxylation is 2. The topological polar surface area (TPSA) is 75.3 Å². The summed E-state index contributed by atoms with van der Waals surface area (Å²) >= 11 is 3.39. The number of phenolic OH excluding ortho intramolecular Hbond substituents is 1. The van der Waals surface area contributed by atoms with Gasteiger partial charge in [-0.25, -0.2) is 0 Å². The number of carbonyl (C=O) groups is 1. The van der Waals surface area contributed by atoms with Crippen molar-refractivity contribution in [1.82, 2.24) is 0 Å². The van der Waals surface area contributed by atoms with Crippen molar-refractivity contribution >= 4 is 27.5 Å². The van der Waals surface area contributed by atoms with Crippen molar-refractivity contribution in [3.8, 4) is 5.75 Å². The summed E-state index contributed by atoms with van der Waals surface area (Å²) in [6, 6.07) is 10.4. The summed E-state index contributed by atoms with van der Waals surface area (Å²) in [5, 5.41) is 13.0. The largest absolute Gasteiger partial charge is 0.507 e. The molecule has 1 amide bonds. The Hall–Kier alpha value is -2.01. The standard InChI is InChI=1S/C16H17BrN2O2/c1-9-6-11(7-10(2)15(9)20)14(16(18)21)19-13-5-3-4-12(17)8-13/h3-8,14,19-20H,1-2H3,(H2,18,21). The predicted molar refractivity (Wildman–Crippen MR) is 87.3 cm³/mol. The van der Waals surface area contributed by atoms with Crippen LogP contribution in [0.5, 0.6) is 5.75 Å². The molecule has 0 saturated carbocycles. The van der Waals surface area contributed by atoms with E-state index in [1.807, 2.05) is 24.3 Å². The number of aromatic hydroxyl groups is 1. The molecule has 4 N–H and O–H groups in total. The van der Waals surface area contributed by atoms with Crippen molar-refractivity contribution in [1.29, 1.82) is 0 Å². The first-order chi connectivity index (χ1) is 9.88. The van der Waals surface area contributed by atoms with Crippen LogP contribution in [0.15, 0.2) is 40.9 Å². The maximum Gasteiger partial charge on any atom is 0.244 e. The fourth-order valence-electron chi connectivity index (χ4n) is 2.22. The SMILES string of the molecule is Cc1cc(C(Nc2cccc(Br)c2)C(N)=O)cc(C)c1O. The van der Waals surface area contributed by atoms with E-state index in [0.717, 1.165) is 15.7 Å². The summed E-state index contributed by atoms with van der Waals surface area (Å²) in [5.74, 6) is -0.233. The first kappa shape index (κ1) is 15.4. The molecule has 0 spiro atoms. The Balaban J connectivity index is 2.38. The number of phenols is 1. The summed E-state index contributed by atoms with van der Waals surface area (Å²) in [4.78, 5) is 11.8. The summed E-state index contributed by atoms with van der Waals surface area (Å²) in [7, 11) is 0. The average molecular weight is 349 g/mol. The molecule has 2 aromatic carbocycles. The van der Waals surface area contributed by atoms with Crippen LogP contribution in [0.25, 0.3) is 0 Å². The van der Waals surface area contributed by atoms with E-state index in [-0.39, 0.29) is 5.75 Å². The number of primary amides is 1. The number of anilines is 1. The Morgan fingerprint density at radius 3 is 2.38 bits per heavy atom. The number of hydrogen-bond acceptors (Lipinski definition) is 3. The van der Waals surface area contributed by atoms with Gasteiger partial charge < -0.3 is 16.2 Å². The van der Waals surface area contributed by atoms with Gasteiger partial charge >= 0.3 is 0 Å². The number of nitrogens with two attached hydrogens (primary N) is 1. The van der Waals surface area contributed by atoms with Crippen molar-refractivity contribution in [3.05, 3.63) is 57.6 Å². The van der Waals surface area contributed by atoms with E-state index in [9.17, 15) is 9.90 Å². The average Bonchev–Trinajstić information content (AvgIpc) is 2.41. The van der Waals surface area contributed by atoms with Crippen LogP contribution in [0.3, 0.4) is 0 Å². The van der Waals surface area contributed by atoms with E-state index in [0.29, 0.717) is 11.1 Å². The smallest absolute Gasteiger partial charge is 0.244 e. The van der Waals surface area contributed by atoms with E-state index in [4.69, 9.17) is 5.73 Å². The molecule has 2 aromatic rings. The van der Waals surface area contributed by atoms with Gasteiger partial charge in [0.2, 0.25) is 5.91 Å². The highest BCUT2D eigenvalue weighted by atomic mass is 79.9. The second-order valence-corrected chi connectivity index (χ2v) is 5.91. The fourth-order valence-corrected chi connectivity index (χ4v) is 2.62. The number of nitrogens with one attached hydrogen (secondary N) is 1. The lowest BCUT2D eigenvalue weighted by atomic mass is 9.99. The second-order valence-electron chi connectivity index (χ2n) is 4.99. The van der Waals surface area contributed by atoms with Crippen LogP contribution in [-0.4, -0.2) is 11.0 Å². The van der Waals surface area contributed by atoms with E-state index in [1.165, 1.54) is 0 Å². The van der Waals surface area contributed by atoms with E-state index < -0.39 is 11.9 Å². The molecule has 5 heteroatoms. The highest BCUT2D eigenvalue weighted by molar-refractivity contribution is 9.10. The van der Waals surface area contributed by atoms with Gasteiger partial charge in [0, 0.05) is 10.2 Å². The zero-order valence-corrected chi connectivity index (χ0v) is 13.4. The minimum Gasteiger partial charge on any atom is -0.507 e. The van der Waals surface area contributed by atoms with E-state index >= 15 is 0 Å². The Kier molecular flexibility index (Phi) is 4.53. The number of benzene rings is 2. The van der Waals surface area contributed by atoms with Crippen molar-refractivity contribution in [2.24, 2.45) is 5.73 Å². The maximum absolute atomic E-state index is 11.8. The molecule has 1 unspecified atom stereocenters. The minimum atomic E-state index is -0.655. The molecule has 0 aliphatic carbocycles. The predicted octanol–water partition coefficient (Wildman–Crippen LogP) is 3.41. The van der Waals surface area contributed by atoms with Gasteiger partial charge in [0.1, 0.15) is 11.8 Å². The molecule has 1 atom stereocenters. The molecule has 2 rings (SSSR count). The first-order valence-corrected chi connectivity index (χ1v) is 7.29. The maximum atomic E-state index is 11.8. The van der Waals surface area contributed by atoms with Crippen molar-refractivity contribution in [3.63, 3.8) is 0 Å².